The smallest absolute Gasteiger partial charge is 0.290 e. The molecule has 1 aromatic rings. The van der Waals surface area contributed by atoms with E-state index in [0.29, 0.717) is 5.56 Å². The molecule has 0 aromatic heterocycles. The number of carbonyl (C=O) groups is 2. The number of ketones is 1. The lowest BCUT2D eigenvalue weighted by molar-refractivity contribution is -0.131. The summed E-state index contributed by atoms with van der Waals surface area (Å²) in [6, 6.07) is 4.01. The van der Waals surface area contributed by atoms with Crippen LogP contribution in [0.4, 0.5) is 0 Å². The number of aromatic hydroxyl groups is 1. The molecule has 2 N–H and O–H groups in total. The lowest BCUT2D eigenvalue weighted by Gasteiger charge is -2.32. The van der Waals surface area contributed by atoms with Gasteiger partial charge in [-0.3, -0.25) is 9.59 Å². The van der Waals surface area contributed by atoms with Crippen LogP contribution in [-0.2, 0) is 9.59 Å². The maximum absolute atomic E-state index is 12.8. The molecule has 1 unspecified atom stereocenters. The summed E-state index contributed by atoms with van der Waals surface area (Å²) in [5, 5.41) is 20.4. The Morgan fingerprint density at radius 2 is 1.92 bits per heavy atom. The van der Waals surface area contributed by atoms with E-state index >= 15 is 0 Å². The summed E-state index contributed by atoms with van der Waals surface area (Å²) in [6.45, 7) is 3.85. The van der Waals surface area contributed by atoms with Gasteiger partial charge in [-0.2, -0.15) is 0 Å². The zero-order chi connectivity index (χ0) is 19.0. The second-order valence-electron chi connectivity index (χ2n) is 7.55. The highest BCUT2D eigenvalue weighted by molar-refractivity contribution is 6.32. The van der Waals surface area contributed by atoms with Crippen molar-refractivity contribution in [2.45, 2.75) is 58.0 Å². The fraction of sp³-hybridized carbons (Fsp3) is 0.500. The zero-order valence-corrected chi connectivity index (χ0v) is 15.8. The number of rotatable bonds is 5. The van der Waals surface area contributed by atoms with E-state index in [9.17, 15) is 19.8 Å². The Labute approximate surface area is 158 Å². The average molecular weight is 378 g/mol. The number of hydrogen-bond acceptors (Lipinski definition) is 4. The zero-order valence-electron chi connectivity index (χ0n) is 15.0. The molecule has 1 amide bonds. The minimum absolute atomic E-state index is 0.00780. The standard InChI is InChI=1S/C20H24ClNO4/c1-11(2)9-16(24)17-18(12-7-8-15(23)14(21)10-12)22(20(26)19(17)25)13-5-3-4-6-13/h7-8,10-11,13,18,23,25H,3-6,9H2,1-2H3. The number of nitrogens with zero attached hydrogens (tertiary/aromatic N) is 1. The van der Waals surface area contributed by atoms with Crippen LogP contribution in [0.1, 0.15) is 57.6 Å². The molecule has 1 aromatic carbocycles. The highest BCUT2D eigenvalue weighted by atomic mass is 35.5. The largest absolute Gasteiger partial charge is 0.506 e. The van der Waals surface area contributed by atoms with Gasteiger partial charge in [0, 0.05) is 12.5 Å². The predicted octanol–water partition coefficient (Wildman–Crippen LogP) is 4.30. The number of amides is 1. The van der Waals surface area contributed by atoms with Crippen LogP contribution in [0.3, 0.4) is 0 Å². The Morgan fingerprint density at radius 3 is 2.50 bits per heavy atom. The van der Waals surface area contributed by atoms with Crippen molar-refractivity contribution < 1.29 is 19.8 Å². The molecule has 6 heteroatoms. The van der Waals surface area contributed by atoms with Crippen molar-refractivity contribution in [3.05, 3.63) is 40.1 Å². The van der Waals surface area contributed by atoms with Gasteiger partial charge < -0.3 is 15.1 Å². The molecule has 1 aliphatic carbocycles. The number of benzene rings is 1. The fourth-order valence-electron chi connectivity index (χ4n) is 3.97. The Kier molecular flexibility index (Phi) is 5.28. The molecule has 0 saturated heterocycles. The molecule has 0 spiro atoms. The van der Waals surface area contributed by atoms with E-state index in [2.05, 4.69) is 0 Å². The Hall–Kier alpha value is -2.01. The molecule has 5 nitrogen and oxygen atoms in total. The molecule has 26 heavy (non-hydrogen) atoms. The molecular weight excluding hydrogens is 354 g/mol. The topological polar surface area (TPSA) is 77.8 Å². The lowest BCUT2D eigenvalue weighted by Crippen LogP contribution is -2.38. The summed E-state index contributed by atoms with van der Waals surface area (Å²) in [5.74, 6) is -1.10. The quantitative estimate of drug-likeness (QED) is 0.801. The molecule has 0 radical (unpaired) electrons. The SMILES string of the molecule is CC(C)CC(=O)C1=C(O)C(=O)N(C2CCCC2)C1c1ccc(O)c(Cl)c1. The molecule has 2 aliphatic rings. The number of halogens is 1. The van der Waals surface area contributed by atoms with E-state index in [1.807, 2.05) is 13.8 Å². The van der Waals surface area contributed by atoms with Gasteiger partial charge in [-0.05, 0) is 36.5 Å². The van der Waals surface area contributed by atoms with Crippen LogP contribution in [0, 0.1) is 5.92 Å². The number of hydrogen-bond donors (Lipinski definition) is 2. The summed E-state index contributed by atoms with van der Waals surface area (Å²) in [7, 11) is 0. The van der Waals surface area contributed by atoms with Gasteiger partial charge >= 0.3 is 0 Å². The first kappa shape index (κ1) is 18.8. The number of Topliss-reactive ketones (excluding diaryl/α,β-unsaturated/α-hetero) is 1. The van der Waals surface area contributed by atoms with Crippen molar-refractivity contribution in [3.63, 3.8) is 0 Å². The first-order valence-electron chi connectivity index (χ1n) is 9.08. The molecule has 0 bridgehead atoms. The van der Waals surface area contributed by atoms with Crippen molar-refractivity contribution in [2.75, 3.05) is 0 Å². The van der Waals surface area contributed by atoms with Crippen molar-refractivity contribution >= 4 is 23.3 Å². The van der Waals surface area contributed by atoms with Crippen LogP contribution in [0.25, 0.3) is 0 Å². The van der Waals surface area contributed by atoms with Crippen molar-refractivity contribution in [1.82, 2.24) is 4.90 Å². The third kappa shape index (κ3) is 3.32. The summed E-state index contributed by atoms with van der Waals surface area (Å²) >= 11 is 6.07. The molecule has 1 fully saturated rings. The summed E-state index contributed by atoms with van der Waals surface area (Å²) in [4.78, 5) is 27.3. The Bertz CT molecular complexity index is 765. The maximum atomic E-state index is 12.8. The summed E-state index contributed by atoms with van der Waals surface area (Å²) < 4.78 is 0. The lowest BCUT2D eigenvalue weighted by atomic mass is 9.91. The van der Waals surface area contributed by atoms with Gasteiger partial charge in [-0.25, -0.2) is 0 Å². The molecule has 1 heterocycles. The number of carbonyl (C=O) groups excluding carboxylic acids is 2. The van der Waals surface area contributed by atoms with E-state index in [1.165, 1.54) is 6.07 Å². The number of aliphatic hydroxyl groups is 1. The number of phenols is 1. The maximum Gasteiger partial charge on any atom is 0.290 e. The summed E-state index contributed by atoms with van der Waals surface area (Å²) in [6.07, 6.45) is 4.01. The van der Waals surface area contributed by atoms with Gasteiger partial charge in [-0.1, -0.05) is 44.4 Å². The van der Waals surface area contributed by atoms with Crippen LogP contribution in [0.5, 0.6) is 5.75 Å². The molecule has 1 atom stereocenters. The van der Waals surface area contributed by atoms with Crippen molar-refractivity contribution in [1.29, 1.82) is 0 Å². The minimum atomic E-state index is -0.657. The van der Waals surface area contributed by atoms with E-state index in [4.69, 9.17) is 11.6 Å². The first-order chi connectivity index (χ1) is 12.3. The van der Waals surface area contributed by atoms with Gasteiger partial charge in [0.25, 0.3) is 5.91 Å². The van der Waals surface area contributed by atoms with Crippen LogP contribution in [-0.4, -0.2) is 32.8 Å². The Balaban J connectivity index is 2.08. The Morgan fingerprint density at radius 1 is 1.27 bits per heavy atom. The van der Waals surface area contributed by atoms with E-state index in [1.54, 1.807) is 17.0 Å². The van der Waals surface area contributed by atoms with Crippen molar-refractivity contribution in [2.24, 2.45) is 5.92 Å². The molecule has 140 valence electrons. The second-order valence-corrected chi connectivity index (χ2v) is 7.95. The highest BCUT2D eigenvalue weighted by Crippen LogP contribution is 2.44. The van der Waals surface area contributed by atoms with Gasteiger partial charge in [0.1, 0.15) is 5.75 Å². The van der Waals surface area contributed by atoms with Gasteiger partial charge in [-0.15, -0.1) is 0 Å². The average Bonchev–Trinajstić information content (AvgIpc) is 3.17. The highest BCUT2D eigenvalue weighted by Gasteiger charge is 2.46. The van der Waals surface area contributed by atoms with Crippen LogP contribution >= 0.6 is 11.6 Å². The molecule has 1 aliphatic heterocycles. The van der Waals surface area contributed by atoms with Gasteiger partial charge in [0.2, 0.25) is 0 Å². The van der Waals surface area contributed by atoms with Crippen molar-refractivity contribution in [3.8, 4) is 5.75 Å². The number of aliphatic hydroxyl groups excluding tert-OH is 1. The summed E-state index contributed by atoms with van der Waals surface area (Å²) in [5.41, 5.74) is 0.779. The van der Waals surface area contributed by atoms with Gasteiger partial charge in [0.15, 0.2) is 11.5 Å². The third-order valence-corrected chi connectivity index (χ3v) is 5.45. The van der Waals surface area contributed by atoms with E-state index in [0.717, 1.165) is 25.7 Å². The number of phenolic OH excluding ortho intramolecular Hbond substituents is 1. The van der Waals surface area contributed by atoms with E-state index < -0.39 is 17.7 Å². The van der Waals surface area contributed by atoms with Gasteiger partial charge in [0.05, 0.1) is 16.6 Å². The molecule has 1 saturated carbocycles. The third-order valence-electron chi connectivity index (χ3n) is 5.14. The predicted molar refractivity (Wildman–Crippen MR) is 99.1 cm³/mol. The van der Waals surface area contributed by atoms with E-state index in [-0.39, 0.29) is 40.5 Å². The monoisotopic (exact) mass is 377 g/mol. The minimum Gasteiger partial charge on any atom is -0.506 e. The first-order valence-corrected chi connectivity index (χ1v) is 9.46. The molecule has 3 rings (SSSR count). The van der Waals surface area contributed by atoms with Crippen LogP contribution in [0.15, 0.2) is 29.5 Å². The van der Waals surface area contributed by atoms with Crippen LogP contribution in [0.2, 0.25) is 5.02 Å². The molecular formula is C20H24ClNO4. The second kappa shape index (κ2) is 7.31. The fourth-order valence-corrected chi connectivity index (χ4v) is 4.16. The normalized spacial score (nSPS) is 21.3. The van der Waals surface area contributed by atoms with Crippen LogP contribution < -0.4 is 0 Å².